The second kappa shape index (κ2) is 4.40. The highest BCUT2D eigenvalue weighted by Gasteiger charge is 2.21. The van der Waals surface area contributed by atoms with Crippen LogP contribution in [0.2, 0.25) is 0 Å². The Morgan fingerprint density at radius 1 is 1.50 bits per heavy atom. The Bertz CT molecular complexity index is 400. The van der Waals surface area contributed by atoms with Gasteiger partial charge in [0.1, 0.15) is 6.10 Å². The van der Waals surface area contributed by atoms with E-state index in [1.165, 1.54) is 0 Å². The lowest BCUT2D eigenvalue weighted by atomic mass is 10.1. The Morgan fingerprint density at radius 3 is 2.94 bits per heavy atom. The average Bonchev–Trinajstić information content (AvgIpc) is 2.73. The van der Waals surface area contributed by atoms with Crippen LogP contribution in [0.1, 0.15) is 16.8 Å². The molecule has 1 aliphatic heterocycles. The summed E-state index contributed by atoms with van der Waals surface area (Å²) in [5.41, 5.74) is 11.7. The second-order valence-electron chi connectivity index (χ2n) is 3.69. The molecule has 0 radical (unpaired) electrons. The molecule has 0 spiro atoms. The molecule has 86 valence electrons. The Balaban J connectivity index is 2.26. The number of nitrogen functional groups attached to an aromatic ring is 1. The summed E-state index contributed by atoms with van der Waals surface area (Å²) >= 11 is 0. The van der Waals surface area contributed by atoms with Crippen LogP contribution in [0, 0.1) is 0 Å². The number of rotatable bonds is 3. The number of para-hydroxylation sites is 1. The van der Waals surface area contributed by atoms with Crippen LogP contribution in [0.5, 0.6) is 5.75 Å². The number of ether oxygens (including phenoxy) is 2. The van der Waals surface area contributed by atoms with Gasteiger partial charge in [-0.15, -0.1) is 0 Å². The number of benzene rings is 1. The van der Waals surface area contributed by atoms with Crippen LogP contribution in [0.25, 0.3) is 0 Å². The summed E-state index contributed by atoms with van der Waals surface area (Å²) < 4.78 is 10.8. The van der Waals surface area contributed by atoms with Crippen LogP contribution in [-0.2, 0) is 4.74 Å². The molecule has 1 amide bonds. The van der Waals surface area contributed by atoms with Gasteiger partial charge in [0.2, 0.25) is 0 Å². The van der Waals surface area contributed by atoms with Gasteiger partial charge in [0, 0.05) is 6.42 Å². The summed E-state index contributed by atoms with van der Waals surface area (Å²) in [5.74, 6) is -0.174. The first kappa shape index (κ1) is 10.8. The maximum Gasteiger partial charge on any atom is 0.252 e. The van der Waals surface area contributed by atoms with Crippen LogP contribution in [0.3, 0.4) is 0 Å². The summed E-state index contributed by atoms with van der Waals surface area (Å²) in [5, 5.41) is 0. The zero-order valence-electron chi connectivity index (χ0n) is 8.81. The van der Waals surface area contributed by atoms with E-state index in [1.807, 2.05) is 0 Å². The van der Waals surface area contributed by atoms with Gasteiger partial charge in [-0.1, -0.05) is 6.07 Å². The summed E-state index contributed by atoms with van der Waals surface area (Å²) in [6.45, 7) is 1.19. The number of hydrogen-bond donors (Lipinski definition) is 2. The van der Waals surface area contributed by atoms with Crippen molar-refractivity contribution in [3.05, 3.63) is 23.8 Å². The Labute approximate surface area is 93.3 Å². The number of hydrogen-bond acceptors (Lipinski definition) is 4. The van der Waals surface area contributed by atoms with Gasteiger partial charge in [-0.05, 0) is 12.1 Å². The van der Waals surface area contributed by atoms with Gasteiger partial charge in [-0.3, -0.25) is 4.79 Å². The maximum atomic E-state index is 11.2. The highest BCUT2D eigenvalue weighted by molar-refractivity contribution is 5.97. The molecule has 1 atom stereocenters. The van der Waals surface area contributed by atoms with Crippen LogP contribution in [-0.4, -0.2) is 25.2 Å². The summed E-state index contributed by atoms with van der Waals surface area (Å²) in [6, 6.07) is 4.95. The first-order chi connectivity index (χ1) is 7.68. The van der Waals surface area contributed by atoms with Crippen molar-refractivity contribution in [1.82, 2.24) is 0 Å². The van der Waals surface area contributed by atoms with Gasteiger partial charge in [0.25, 0.3) is 5.91 Å². The third-order valence-electron chi connectivity index (χ3n) is 2.48. The minimum absolute atomic E-state index is 0.0530. The van der Waals surface area contributed by atoms with Gasteiger partial charge >= 0.3 is 0 Å². The van der Waals surface area contributed by atoms with Crippen molar-refractivity contribution < 1.29 is 14.3 Å². The average molecular weight is 222 g/mol. The molecule has 16 heavy (non-hydrogen) atoms. The Kier molecular flexibility index (Phi) is 2.96. The van der Waals surface area contributed by atoms with Crippen molar-refractivity contribution in [2.75, 3.05) is 18.9 Å². The smallest absolute Gasteiger partial charge is 0.252 e. The van der Waals surface area contributed by atoms with Crippen molar-refractivity contribution >= 4 is 11.6 Å². The normalized spacial score (nSPS) is 19.6. The molecule has 2 rings (SSSR count). The summed E-state index contributed by atoms with van der Waals surface area (Å²) in [4.78, 5) is 11.2. The van der Waals surface area contributed by atoms with Crippen LogP contribution < -0.4 is 16.2 Å². The van der Waals surface area contributed by atoms with E-state index in [0.29, 0.717) is 30.2 Å². The first-order valence-corrected chi connectivity index (χ1v) is 5.11. The SMILES string of the molecule is NC(=O)c1cccc(N)c1OC1CCOC1. The van der Waals surface area contributed by atoms with E-state index >= 15 is 0 Å². The fourth-order valence-corrected chi connectivity index (χ4v) is 1.65. The van der Waals surface area contributed by atoms with Gasteiger partial charge in [0.15, 0.2) is 5.75 Å². The van der Waals surface area contributed by atoms with E-state index in [1.54, 1.807) is 18.2 Å². The minimum Gasteiger partial charge on any atom is -0.485 e. The molecule has 0 aromatic heterocycles. The van der Waals surface area contributed by atoms with E-state index in [2.05, 4.69) is 0 Å². The molecule has 0 aliphatic carbocycles. The summed E-state index contributed by atoms with van der Waals surface area (Å²) in [7, 11) is 0. The van der Waals surface area contributed by atoms with Crippen LogP contribution in [0.4, 0.5) is 5.69 Å². The number of nitrogens with two attached hydrogens (primary N) is 2. The lowest BCUT2D eigenvalue weighted by Gasteiger charge is -2.16. The monoisotopic (exact) mass is 222 g/mol. The number of primary amides is 1. The lowest BCUT2D eigenvalue weighted by molar-refractivity contribution is 0.0989. The molecule has 0 bridgehead atoms. The quantitative estimate of drug-likeness (QED) is 0.730. The number of anilines is 1. The zero-order valence-corrected chi connectivity index (χ0v) is 8.81. The number of carbonyl (C=O) groups excluding carboxylic acids is 1. The second-order valence-corrected chi connectivity index (χ2v) is 3.69. The third-order valence-corrected chi connectivity index (χ3v) is 2.48. The first-order valence-electron chi connectivity index (χ1n) is 5.11. The van der Waals surface area contributed by atoms with Crippen molar-refractivity contribution in [3.8, 4) is 5.75 Å². The van der Waals surface area contributed by atoms with Crippen molar-refractivity contribution in [2.24, 2.45) is 5.73 Å². The fourth-order valence-electron chi connectivity index (χ4n) is 1.65. The minimum atomic E-state index is -0.541. The molecule has 1 aromatic rings. The molecule has 5 heteroatoms. The molecule has 1 aromatic carbocycles. The topological polar surface area (TPSA) is 87.6 Å². The highest BCUT2D eigenvalue weighted by atomic mass is 16.5. The molecular formula is C11H14N2O3. The van der Waals surface area contributed by atoms with E-state index in [0.717, 1.165) is 6.42 Å². The molecule has 4 N–H and O–H groups in total. The van der Waals surface area contributed by atoms with E-state index in [4.69, 9.17) is 20.9 Å². The molecule has 1 unspecified atom stereocenters. The molecular weight excluding hydrogens is 208 g/mol. The standard InChI is InChI=1S/C11H14N2O3/c12-9-3-1-2-8(11(13)14)10(9)16-7-4-5-15-6-7/h1-3,7H,4-6,12H2,(H2,13,14). The van der Waals surface area contributed by atoms with Crippen molar-refractivity contribution in [3.63, 3.8) is 0 Å². The van der Waals surface area contributed by atoms with Crippen molar-refractivity contribution in [1.29, 1.82) is 0 Å². The van der Waals surface area contributed by atoms with Crippen LogP contribution in [0.15, 0.2) is 18.2 Å². The van der Waals surface area contributed by atoms with Gasteiger partial charge < -0.3 is 20.9 Å². The highest BCUT2D eigenvalue weighted by Crippen LogP contribution is 2.28. The lowest BCUT2D eigenvalue weighted by Crippen LogP contribution is -2.20. The number of amides is 1. The third kappa shape index (κ3) is 2.09. The van der Waals surface area contributed by atoms with E-state index < -0.39 is 5.91 Å². The van der Waals surface area contributed by atoms with Gasteiger partial charge in [-0.2, -0.15) is 0 Å². The predicted octanol–water partition coefficient (Wildman–Crippen LogP) is 0.535. The molecule has 1 saturated heterocycles. The Hall–Kier alpha value is -1.75. The van der Waals surface area contributed by atoms with Gasteiger partial charge in [-0.25, -0.2) is 0 Å². The molecule has 1 heterocycles. The molecule has 0 saturated carbocycles. The molecule has 5 nitrogen and oxygen atoms in total. The predicted molar refractivity (Wildman–Crippen MR) is 59.2 cm³/mol. The molecule has 1 fully saturated rings. The molecule has 1 aliphatic rings. The van der Waals surface area contributed by atoms with E-state index in [-0.39, 0.29) is 6.10 Å². The van der Waals surface area contributed by atoms with Gasteiger partial charge in [0.05, 0.1) is 24.5 Å². The van der Waals surface area contributed by atoms with Crippen LogP contribution >= 0.6 is 0 Å². The fraction of sp³-hybridized carbons (Fsp3) is 0.364. The van der Waals surface area contributed by atoms with Crippen molar-refractivity contribution in [2.45, 2.75) is 12.5 Å². The number of carbonyl (C=O) groups is 1. The largest absolute Gasteiger partial charge is 0.485 e. The maximum absolute atomic E-state index is 11.2. The summed E-state index contributed by atoms with van der Waals surface area (Å²) in [6.07, 6.45) is 0.745. The van der Waals surface area contributed by atoms with E-state index in [9.17, 15) is 4.79 Å². The zero-order chi connectivity index (χ0) is 11.5. The Morgan fingerprint density at radius 2 is 2.31 bits per heavy atom.